The molecule has 6 heteroatoms. The molecule has 0 N–H and O–H groups in total. The van der Waals surface area contributed by atoms with E-state index in [1.807, 2.05) is 38.0 Å². The van der Waals surface area contributed by atoms with E-state index >= 15 is 0 Å². The molecule has 0 aliphatic rings. The first-order valence-electron chi connectivity index (χ1n) is 6.13. The average Bonchev–Trinajstić information content (AvgIpc) is 2.31. The van der Waals surface area contributed by atoms with Gasteiger partial charge in [0.2, 0.25) is 0 Å². The van der Waals surface area contributed by atoms with Gasteiger partial charge in [0.1, 0.15) is 8.64 Å². The topological polar surface area (TPSA) is 6.48 Å². The molecule has 0 atom stereocenters. The van der Waals surface area contributed by atoms with Crippen LogP contribution < -0.4 is 0 Å². The zero-order valence-electron chi connectivity index (χ0n) is 11.8. The highest BCUT2D eigenvalue weighted by Gasteiger charge is 2.01. The zero-order valence-corrected chi connectivity index (χ0v) is 15.0. The number of thioether (sulfide) groups is 2. The van der Waals surface area contributed by atoms with Crippen LogP contribution in [0.4, 0.5) is 0 Å². The predicted molar refractivity (Wildman–Crippen MR) is 96.0 cm³/mol. The molecule has 106 valence electrons. The number of hydrogen-bond donors (Lipinski definition) is 0. The number of hydrogen-bond acceptors (Lipinski definition) is 4. The fourth-order valence-electron chi connectivity index (χ4n) is 1.13. The maximum Gasteiger partial charge on any atom is 0.135 e. The molecule has 0 aliphatic heterocycles. The molecule has 0 fully saturated rings. The fraction of sp³-hybridized carbons (Fsp3) is 0.833. The van der Waals surface area contributed by atoms with E-state index in [1.54, 1.807) is 23.5 Å². The quantitative estimate of drug-likeness (QED) is 0.516. The second-order valence-electron chi connectivity index (χ2n) is 4.43. The number of rotatable bonds is 7. The van der Waals surface area contributed by atoms with Crippen LogP contribution in [0.15, 0.2) is 0 Å². The first-order chi connectivity index (χ1) is 8.45. The SMILES string of the molecule is CN(C)C(=S)SCCCCCCSC(=S)N(C)C. The van der Waals surface area contributed by atoms with Gasteiger partial charge in [-0.25, -0.2) is 0 Å². The third-order valence-corrected chi connectivity index (χ3v) is 5.87. The van der Waals surface area contributed by atoms with Gasteiger partial charge in [0.15, 0.2) is 0 Å². The lowest BCUT2D eigenvalue weighted by atomic mass is 10.2. The molecule has 0 saturated heterocycles. The van der Waals surface area contributed by atoms with Crippen LogP contribution in [0.3, 0.4) is 0 Å². The van der Waals surface area contributed by atoms with Crippen molar-refractivity contribution in [3.8, 4) is 0 Å². The van der Waals surface area contributed by atoms with Crippen molar-refractivity contribution in [3.05, 3.63) is 0 Å². The molecule has 0 bridgehead atoms. The van der Waals surface area contributed by atoms with Crippen molar-refractivity contribution >= 4 is 56.6 Å². The molecule has 0 heterocycles. The fourth-order valence-corrected chi connectivity index (χ4v) is 3.20. The summed E-state index contributed by atoms with van der Waals surface area (Å²) in [5.41, 5.74) is 0. The highest BCUT2D eigenvalue weighted by Crippen LogP contribution is 2.14. The Hall–Kier alpha value is 0.480. The number of thiocarbonyl (C=S) groups is 2. The predicted octanol–water partition coefficient (Wildman–Crippen LogP) is 3.71. The van der Waals surface area contributed by atoms with E-state index in [0.29, 0.717) is 0 Å². The molecule has 0 radical (unpaired) electrons. The summed E-state index contributed by atoms with van der Waals surface area (Å²) in [4.78, 5) is 4.00. The zero-order chi connectivity index (χ0) is 14.0. The molecule has 0 aromatic heterocycles. The van der Waals surface area contributed by atoms with Crippen molar-refractivity contribution < 1.29 is 0 Å². The Bertz CT molecular complexity index is 228. The standard InChI is InChI=1S/C12H24N2S4/c1-13(2)11(15)17-9-7-5-6-8-10-18-12(16)14(3)4/h5-10H2,1-4H3. The number of nitrogens with zero attached hydrogens (tertiary/aromatic N) is 2. The van der Waals surface area contributed by atoms with Crippen molar-refractivity contribution in [2.75, 3.05) is 39.7 Å². The molecular formula is C12H24N2S4. The third kappa shape index (κ3) is 10.4. The van der Waals surface area contributed by atoms with Gasteiger partial charge in [-0.15, -0.1) is 0 Å². The van der Waals surface area contributed by atoms with Gasteiger partial charge in [-0.2, -0.15) is 0 Å². The van der Waals surface area contributed by atoms with Gasteiger partial charge in [-0.1, -0.05) is 60.8 Å². The second kappa shape index (κ2) is 11.3. The Labute approximate surface area is 131 Å². The van der Waals surface area contributed by atoms with Gasteiger partial charge in [0.25, 0.3) is 0 Å². The normalized spacial score (nSPS) is 10.2. The van der Waals surface area contributed by atoms with Crippen LogP contribution in [-0.4, -0.2) is 58.1 Å². The smallest absolute Gasteiger partial charge is 0.135 e. The lowest BCUT2D eigenvalue weighted by Gasteiger charge is -2.13. The molecule has 0 unspecified atom stereocenters. The van der Waals surface area contributed by atoms with Crippen molar-refractivity contribution in [2.45, 2.75) is 25.7 Å². The lowest BCUT2D eigenvalue weighted by Crippen LogP contribution is -2.16. The molecule has 18 heavy (non-hydrogen) atoms. The summed E-state index contributed by atoms with van der Waals surface area (Å²) in [6, 6.07) is 0. The van der Waals surface area contributed by atoms with Crippen LogP contribution in [0, 0.1) is 0 Å². The number of unbranched alkanes of at least 4 members (excludes halogenated alkanes) is 3. The maximum atomic E-state index is 5.22. The summed E-state index contributed by atoms with van der Waals surface area (Å²) in [5, 5.41) is 0. The van der Waals surface area contributed by atoms with E-state index in [4.69, 9.17) is 24.4 Å². The van der Waals surface area contributed by atoms with E-state index in [2.05, 4.69) is 0 Å². The van der Waals surface area contributed by atoms with Gasteiger partial charge in [0.05, 0.1) is 0 Å². The minimum absolute atomic E-state index is 0.988. The van der Waals surface area contributed by atoms with Gasteiger partial charge < -0.3 is 9.80 Å². The Balaban J connectivity index is 3.27. The van der Waals surface area contributed by atoms with E-state index in [-0.39, 0.29) is 0 Å². The molecule has 0 spiro atoms. The molecule has 2 nitrogen and oxygen atoms in total. The van der Waals surface area contributed by atoms with Crippen LogP contribution in [0.2, 0.25) is 0 Å². The van der Waals surface area contributed by atoms with E-state index < -0.39 is 0 Å². The highest BCUT2D eigenvalue weighted by atomic mass is 32.2. The van der Waals surface area contributed by atoms with E-state index in [0.717, 1.165) is 20.1 Å². The molecule has 0 amide bonds. The van der Waals surface area contributed by atoms with Gasteiger partial charge in [0, 0.05) is 39.7 Å². The van der Waals surface area contributed by atoms with Crippen molar-refractivity contribution in [1.29, 1.82) is 0 Å². The molecule has 0 aliphatic carbocycles. The first kappa shape index (κ1) is 18.5. The molecule has 0 aromatic carbocycles. The van der Waals surface area contributed by atoms with Gasteiger partial charge >= 0.3 is 0 Å². The minimum Gasteiger partial charge on any atom is -0.364 e. The van der Waals surface area contributed by atoms with Crippen LogP contribution in [-0.2, 0) is 0 Å². The van der Waals surface area contributed by atoms with Crippen molar-refractivity contribution in [3.63, 3.8) is 0 Å². The lowest BCUT2D eigenvalue weighted by molar-refractivity contribution is 0.647. The highest BCUT2D eigenvalue weighted by molar-refractivity contribution is 8.23. The monoisotopic (exact) mass is 324 g/mol. The molecule has 0 saturated carbocycles. The summed E-state index contributed by atoms with van der Waals surface area (Å²) >= 11 is 14.0. The summed E-state index contributed by atoms with van der Waals surface area (Å²) in [5.74, 6) is 2.28. The largest absolute Gasteiger partial charge is 0.364 e. The molecule has 0 aromatic rings. The molecule has 0 rings (SSSR count). The van der Waals surface area contributed by atoms with E-state index in [9.17, 15) is 0 Å². The van der Waals surface area contributed by atoms with Crippen LogP contribution in [0.1, 0.15) is 25.7 Å². The first-order valence-corrected chi connectivity index (χ1v) is 8.92. The second-order valence-corrected chi connectivity index (χ2v) is 7.89. The van der Waals surface area contributed by atoms with Crippen LogP contribution in [0.5, 0.6) is 0 Å². The Morgan fingerprint density at radius 3 is 1.33 bits per heavy atom. The average molecular weight is 325 g/mol. The Morgan fingerprint density at radius 2 is 1.06 bits per heavy atom. The third-order valence-electron chi connectivity index (χ3n) is 2.22. The summed E-state index contributed by atoms with van der Waals surface area (Å²) in [6.45, 7) is 0. The Morgan fingerprint density at radius 1 is 0.722 bits per heavy atom. The Kier molecular flexibility index (Phi) is 11.6. The maximum absolute atomic E-state index is 5.22. The van der Waals surface area contributed by atoms with E-state index in [1.165, 1.54) is 25.7 Å². The van der Waals surface area contributed by atoms with Crippen LogP contribution >= 0.6 is 48.0 Å². The summed E-state index contributed by atoms with van der Waals surface area (Å²) < 4.78 is 1.98. The van der Waals surface area contributed by atoms with Crippen molar-refractivity contribution in [2.24, 2.45) is 0 Å². The molecular weight excluding hydrogens is 300 g/mol. The van der Waals surface area contributed by atoms with Gasteiger partial charge in [-0.05, 0) is 12.8 Å². The van der Waals surface area contributed by atoms with Crippen molar-refractivity contribution in [1.82, 2.24) is 9.80 Å². The van der Waals surface area contributed by atoms with Crippen LogP contribution in [0.25, 0.3) is 0 Å². The summed E-state index contributed by atoms with van der Waals surface area (Å²) in [7, 11) is 8.00. The van der Waals surface area contributed by atoms with Gasteiger partial charge in [-0.3, -0.25) is 0 Å². The minimum atomic E-state index is 0.988. The summed E-state index contributed by atoms with van der Waals surface area (Å²) in [6.07, 6.45) is 5.08.